The Balaban J connectivity index is 2.14. The van der Waals surface area contributed by atoms with E-state index < -0.39 is 0 Å². The minimum atomic E-state index is -0.319. The third kappa shape index (κ3) is 4.33. The third-order valence-corrected chi connectivity index (χ3v) is 4.18. The van der Waals surface area contributed by atoms with Crippen molar-refractivity contribution in [2.75, 3.05) is 18.4 Å². The molecule has 4 nitrogen and oxygen atoms in total. The zero-order valence-electron chi connectivity index (χ0n) is 12.1. The molecule has 0 saturated carbocycles. The molecule has 0 saturated heterocycles. The van der Waals surface area contributed by atoms with Crippen LogP contribution in [0.5, 0.6) is 0 Å². The highest BCUT2D eigenvalue weighted by molar-refractivity contribution is 7.73. The van der Waals surface area contributed by atoms with Crippen molar-refractivity contribution in [3.63, 3.8) is 0 Å². The Morgan fingerprint density at radius 1 is 1.32 bits per heavy atom. The molecule has 0 aliphatic carbocycles. The first-order chi connectivity index (χ1) is 10.6. The van der Waals surface area contributed by atoms with Crippen LogP contribution in [-0.4, -0.2) is 22.9 Å². The van der Waals surface area contributed by atoms with Crippen molar-refractivity contribution >= 4 is 34.4 Å². The molecule has 7 heteroatoms. The van der Waals surface area contributed by atoms with E-state index in [1.54, 1.807) is 22.9 Å². The highest BCUT2D eigenvalue weighted by Gasteiger charge is 2.11. The molecule has 0 fully saturated rings. The Kier molecular flexibility index (Phi) is 6.00. The average Bonchev–Trinajstić information content (AvgIpc) is 2.82. The first-order valence-electron chi connectivity index (χ1n) is 6.79. The molecular weight excluding hydrogens is 319 g/mol. The number of quaternary nitrogens is 1. The van der Waals surface area contributed by atoms with Crippen molar-refractivity contribution in [1.82, 2.24) is 9.78 Å². The van der Waals surface area contributed by atoms with Gasteiger partial charge in [-0.25, -0.2) is 4.39 Å². The largest absolute Gasteiger partial charge is 0.328 e. The fourth-order valence-electron chi connectivity index (χ4n) is 1.97. The molecule has 0 bridgehead atoms. The number of anilines is 2. The third-order valence-electron chi connectivity index (χ3n) is 2.96. The fraction of sp³-hybridized carbons (Fsp3) is 0.200. The second-order valence-corrected chi connectivity index (χ2v) is 6.29. The van der Waals surface area contributed by atoms with Crippen LogP contribution in [0.4, 0.5) is 15.2 Å². The second-order valence-electron chi connectivity index (χ2n) is 4.67. The molecule has 2 aromatic rings. The topological polar surface area (TPSA) is 34.3 Å². The molecule has 1 aromatic heterocycles. The van der Waals surface area contributed by atoms with Gasteiger partial charge in [0.1, 0.15) is 5.82 Å². The van der Waals surface area contributed by atoms with Gasteiger partial charge in [0.15, 0.2) is 10.6 Å². The summed E-state index contributed by atoms with van der Waals surface area (Å²) in [7, 11) is 0. The molecule has 1 aromatic carbocycles. The molecule has 0 aliphatic heterocycles. The van der Waals surface area contributed by atoms with Crippen molar-refractivity contribution < 1.29 is 9.29 Å². The molecule has 116 valence electrons. The standard InChI is InChI=1S/C15H17FN4S2/c1-3-9-19(10-4-2)11-20-15(21)22-14(18-20)17-13-8-6-5-7-12(13)16/h3-8H,1-2,9-11H2,(H,17,18)/p+1. The zero-order chi connectivity index (χ0) is 15.9. The predicted octanol–water partition coefficient (Wildman–Crippen LogP) is 2.77. The minimum Gasteiger partial charge on any atom is -0.328 e. The van der Waals surface area contributed by atoms with Gasteiger partial charge in [0.2, 0.25) is 5.13 Å². The summed E-state index contributed by atoms with van der Waals surface area (Å²) in [5.41, 5.74) is 0.389. The SMILES string of the molecule is C=CC[NH+](CC=C)Cn1nc(Nc2ccccc2F)sc1=S. The first-order valence-corrected chi connectivity index (χ1v) is 8.01. The van der Waals surface area contributed by atoms with E-state index in [0.717, 1.165) is 13.1 Å². The Morgan fingerprint density at radius 2 is 2.00 bits per heavy atom. The highest BCUT2D eigenvalue weighted by atomic mass is 32.1. The zero-order valence-corrected chi connectivity index (χ0v) is 13.7. The summed E-state index contributed by atoms with van der Waals surface area (Å²) < 4.78 is 16.0. The molecule has 22 heavy (non-hydrogen) atoms. The number of hydrogen-bond donors (Lipinski definition) is 2. The molecule has 2 N–H and O–H groups in total. The van der Waals surface area contributed by atoms with Crippen LogP contribution in [0.2, 0.25) is 0 Å². The number of nitrogens with zero attached hydrogens (tertiary/aromatic N) is 2. The molecule has 0 spiro atoms. The van der Waals surface area contributed by atoms with E-state index >= 15 is 0 Å². The lowest BCUT2D eigenvalue weighted by Crippen LogP contribution is -3.11. The van der Waals surface area contributed by atoms with Crippen LogP contribution in [0.1, 0.15) is 0 Å². The molecule has 0 amide bonds. The quantitative estimate of drug-likeness (QED) is 0.574. The number of hydrogen-bond acceptors (Lipinski definition) is 4. The van der Waals surface area contributed by atoms with E-state index in [1.807, 2.05) is 12.2 Å². The molecular formula is C15H18FN4S2+. The highest BCUT2D eigenvalue weighted by Crippen LogP contribution is 2.21. The van der Waals surface area contributed by atoms with E-state index in [4.69, 9.17) is 12.2 Å². The van der Waals surface area contributed by atoms with Gasteiger partial charge in [0.05, 0.1) is 18.8 Å². The first kappa shape index (κ1) is 16.5. The van der Waals surface area contributed by atoms with Gasteiger partial charge < -0.3 is 10.2 Å². The minimum absolute atomic E-state index is 0.319. The summed E-state index contributed by atoms with van der Waals surface area (Å²) in [4.78, 5) is 1.23. The Labute approximate surface area is 138 Å². The van der Waals surface area contributed by atoms with Gasteiger partial charge in [-0.05, 0) is 36.5 Å². The van der Waals surface area contributed by atoms with Crippen LogP contribution in [-0.2, 0) is 6.67 Å². The van der Waals surface area contributed by atoms with Crippen LogP contribution in [0, 0.1) is 9.77 Å². The van der Waals surface area contributed by atoms with Crippen molar-refractivity contribution in [3.05, 3.63) is 59.3 Å². The number of benzene rings is 1. The Morgan fingerprint density at radius 3 is 2.64 bits per heavy atom. The second kappa shape index (κ2) is 7.98. The maximum absolute atomic E-state index is 13.6. The molecule has 0 atom stereocenters. The number of rotatable bonds is 8. The van der Waals surface area contributed by atoms with E-state index in [2.05, 4.69) is 23.6 Å². The fourth-order valence-corrected chi connectivity index (χ4v) is 2.99. The van der Waals surface area contributed by atoms with Crippen molar-refractivity contribution in [1.29, 1.82) is 0 Å². The molecule has 2 rings (SSSR count). The number of nitrogens with one attached hydrogen (secondary N) is 2. The maximum Gasteiger partial charge on any atom is 0.209 e. The Hall–Kier alpha value is -1.83. The van der Waals surface area contributed by atoms with Crippen molar-refractivity contribution in [2.45, 2.75) is 6.67 Å². The monoisotopic (exact) mass is 337 g/mol. The van der Waals surface area contributed by atoms with Gasteiger partial charge in [-0.1, -0.05) is 36.6 Å². The average molecular weight is 337 g/mol. The van der Waals surface area contributed by atoms with Crippen LogP contribution < -0.4 is 10.2 Å². The van der Waals surface area contributed by atoms with Gasteiger partial charge >= 0.3 is 0 Å². The molecule has 0 unspecified atom stereocenters. The Bertz CT molecular complexity index is 698. The van der Waals surface area contributed by atoms with Crippen molar-refractivity contribution in [3.8, 4) is 0 Å². The lowest BCUT2D eigenvalue weighted by molar-refractivity contribution is -0.912. The van der Waals surface area contributed by atoms with E-state index in [9.17, 15) is 4.39 Å². The summed E-state index contributed by atoms with van der Waals surface area (Å²) in [6, 6.07) is 6.48. The van der Waals surface area contributed by atoms with Gasteiger partial charge in [-0.2, -0.15) is 4.68 Å². The summed E-state index contributed by atoms with van der Waals surface area (Å²) >= 11 is 6.65. The van der Waals surface area contributed by atoms with E-state index in [-0.39, 0.29) is 5.82 Å². The van der Waals surface area contributed by atoms with Crippen LogP contribution in [0.25, 0.3) is 0 Å². The molecule has 0 aliphatic rings. The van der Waals surface area contributed by atoms with Crippen LogP contribution >= 0.6 is 23.6 Å². The summed E-state index contributed by atoms with van der Waals surface area (Å²) in [5.74, 6) is -0.319. The van der Waals surface area contributed by atoms with E-state index in [1.165, 1.54) is 22.3 Å². The summed E-state index contributed by atoms with van der Waals surface area (Å²) in [5, 5.41) is 7.96. The predicted molar refractivity (Wildman–Crippen MR) is 91.7 cm³/mol. The molecule has 0 radical (unpaired) electrons. The van der Waals surface area contributed by atoms with Crippen LogP contribution in [0.15, 0.2) is 49.6 Å². The number of aromatic nitrogens is 2. The van der Waals surface area contributed by atoms with Gasteiger partial charge in [0, 0.05) is 0 Å². The van der Waals surface area contributed by atoms with Crippen LogP contribution in [0.3, 0.4) is 0 Å². The van der Waals surface area contributed by atoms with Crippen molar-refractivity contribution in [2.24, 2.45) is 0 Å². The van der Waals surface area contributed by atoms with Gasteiger partial charge in [-0.3, -0.25) is 0 Å². The number of halogens is 1. The summed E-state index contributed by atoms with van der Waals surface area (Å²) in [6.07, 6.45) is 3.71. The smallest absolute Gasteiger partial charge is 0.209 e. The lowest BCUT2D eigenvalue weighted by atomic mass is 10.3. The number of para-hydroxylation sites is 1. The lowest BCUT2D eigenvalue weighted by Gasteiger charge is -2.15. The van der Waals surface area contributed by atoms with Gasteiger partial charge in [-0.15, -0.1) is 5.10 Å². The van der Waals surface area contributed by atoms with E-state index in [0.29, 0.717) is 21.4 Å². The molecule has 1 heterocycles. The summed E-state index contributed by atoms with van der Waals surface area (Å²) in [6.45, 7) is 9.71. The maximum atomic E-state index is 13.6. The van der Waals surface area contributed by atoms with Gasteiger partial charge in [0.25, 0.3) is 0 Å². The normalized spacial score (nSPS) is 10.6.